The van der Waals surface area contributed by atoms with Gasteiger partial charge < -0.3 is 5.32 Å². The SMILES string of the molecule is CC(C)NCC1(Cc2cn3ccsc3n2)CCCCC1. The van der Waals surface area contributed by atoms with Gasteiger partial charge in [0, 0.05) is 30.4 Å². The van der Waals surface area contributed by atoms with Crippen LogP contribution in [0.5, 0.6) is 0 Å². The molecule has 3 nitrogen and oxygen atoms in total. The molecule has 0 radical (unpaired) electrons. The van der Waals surface area contributed by atoms with Crippen LogP contribution in [-0.2, 0) is 6.42 Å². The standard InChI is InChI=1S/C16H25N3S/c1-13(2)17-12-16(6-4-3-5-7-16)10-14-11-19-8-9-20-15(19)18-14/h8-9,11,13,17H,3-7,10,12H2,1-2H3. The molecule has 1 aliphatic rings. The van der Waals surface area contributed by atoms with Crippen LogP contribution in [0.25, 0.3) is 4.96 Å². The van der Waals surface area contributed by atoms with Crippen molar-refractivity contribution in [1.82, 2.24) is 14.7 Å². The lowest BCUT2D eigenvalue weighted by atomic mass is 9.71. The zero-order valence-corrected chi connectivity index (χ0v) is 13.4. The van der Waals surface area contributed by atoms with Crippen LogP contribution in [0.15, 0.2) is 17.8 Å². The summed E-state index contributed by atoms with van der Waals surface area (Å²) < 4.78 is 2.16. The van der Waals surface area contributed by atoms with E-state index in [-0.39, 0.29) is 0 Å². The Morgan fingerprint density at radius 2 is 2.15 bits per heavy atom. The first-order valence-electron chi connectivity index (χ1n) is 7.81. The second-order valence-electron chi connectivity index (χ2n) is 6.60. The van der Waals surface area contributed by atoms with E-state index in [2.05, 4.69) is 41.3 Å². The predicted octanol–water partition coefficient (Wildman–Crippen LogP) is 3.89. The largest absolute Gasteiger partial charge is 0.314 e. The Balaban J connectivity index is 1.76. The first-order valence-corrected chi connectivity index (χ1v) is 8.69. The molecular formula is C16H25N3S. The van der Waals surface area contributed by atoms with Crippen LogP contribution in [0.2, 0.25) is 0 Å². The molecule has 1 N–H and O–H groups in total. The molecule has 1 fully saturated rings. The van der Waals surface area contributed by atoms with Crippen molar-refractivity contribution < 1.29 is 0 Å². The Labute approximate surface area is 125 Å². The number of hydrogen-bond acceptors (Lipinski definition) is 3. The van der Waals surface area contributed by atoms with E-state index in [0.717, 1.165) is 17.9 Å². The lowest BCUT2D eigenvalue weighted by Crippen LogP contribution is -2.40. The highest BCUT2D eigenvalue weighted by Crippen LogP contribution is 2.38. The summed E-state index contributed by atoms with van der Waals surface area (Å²) in [6, 6.07) is 0.569. The number of thiazole rings is 1. The smallest absolute Gasteiger partial charge is 0.193 e. The Kier molecular flexibility index (Phi) is 4.13. The van der Waals surface area contributed by atoms with Gasteiger partial charge in [-0.15, -0.1) is 11.3 Å². The summed E-state index contributed by atoms with van der Waals surface area (Å²) in [5.41, 5.74) is 1.69. The average molecular weight is 291 g/mol. The summed E-state index contributed by atoms with van der Waals surface area (Å²) in [5.74, 6) is 0. The maximum absolute atomic E-state index is 4.79. The van der Waals surface area contributed by atoms with E-state index in [1.165, 1.54) is 37.8 Å². The Bertz CT molecular complexity index is 520. The second-order valence-corrected chi connectivity index (χ2v) is 7.47. The normalized spacial score (nSPS) is 18.9. The van der Waals surface area contributed by atoms with Crippen LogP contribution < -0.4 is 5.32 Å². The molecule has 4 heteroatoms. The van der Waals surface area contributed by atoms with Crippen LogP contribution in [0.4, 0.5) is 0 Å². The van der Waals surface area contributed by atoms with E-state index in [9.17, 15) is 0 Å². The third kappa shape index (κ3) is 3.07. The summed E-state index contributed by atoms with van der Waals surface area (Å²) in [4.78, 5) is 5.92. The fourth-order valence-electron chi connectivity index (χ4n) is 3.38. The predicted molar refractivity (Wildman–Crippen MR) is 85.4 cm³/mol. The first kappa shape index (κ1) is 14.1. The fourth-order valence-corrected chi connectivity index (χ4v) is 4.10. The number of rotatable bonds is 5. The minimum atomic E-state index is 0.423. The molecule has 1 aliphatic carbocycles. The Morgan fingerprint density at radius 3 is 2.85 bits per heavy atom. The van der Waals surface area contributed by atoms with Crippen molar-refractivity contribution in [3.8, 4) is 0 Å². The molecule has 0 bridgehead atoms. The molecule has 1 saturated carbocycles. The van der Waals surface area contributed by atoms with Crippen molar-refractivity contribution in [2.75, 3.05) is 6.54 Å². The molecule has 0 spiro atoms. The van der Waals surface area contributed by atoms with Gasteiger partial charge in [-0.25, -0.2) is 4.98 Å². The number of hydrogen-bond donors (Lipinski definition) is 1. The quantitative estimate of drug-likeness (QED) is 0.905. The van der Waals surface area contributed by atoms with Crippen molar-refractivity contribution in [2.45, 2.75) is 58.4 Å². The summed E-state index contributed by atoms with van der Waals surface area (Å²) >= 11 is 1.72. The molecule has 2 heterocycles. The highest BCUT2D eigenvalue weighted by molar-refractivity contribution is 7.15. The zero-order valence-electron chi connectivity index (χ0n) is 12.6. The van der Waals surface area contributed by atoms with Gasteiger partial charge in [0.1, 0.15) is 0 Å². The van der Waals surface area contributed by atoms with Gasteiger partial charge in [-0.05, 0) is 24.7 Å². The number of fused-ring (bicyclic) bond motifs is 1. The molecule has 0 aliphatic heterocycles. The van der Waals surface area contributed by atoms with Gasteiger partial charge in [-0.3, -0.25) is 4.40 Å². The van der Waals surface area contributed by atoms with Crippen molar-refractivity contribution in [3.63, 3.8) is 0 Å². The first-order chi connectivity index (χ1) is 9.67. The van der Waals surface area contributed by atoms with E-state index in [4.69, 9.17) is 4.98 Å². The third-order valence-corrected chi connectivity index (χ3v) is 5.27. The Hall–Kier alpha value is -0.870. The maximum Gasteiger partial charge on any atom is 0.193 e. The molecular weight excluding hydrogens is 266 g/mol. The van der Waals surface area contributed by atoms with Crippen LogP contribution >= 0.6 is 11.3 Å². The van der Waals surface area contributed by atoms with Crippen molar-refractivity contribution in [3.05, 3.63) is 23.5 Å². The molecule has 20 heavy (non-hydrogen) atoms. The molecule has 0 atom stereocenters. The van der Waals surface area contributed by atoms with Gasteiger partial charge in [0.25, 0.3) is 0 Å². The van der Waals surface area contributed by atoms with Gasteiger partial charge >= 0.3 is 0 Å². The molecule has 0 unspecified atom stereocenters. The number of nitrogens with one attached hydrogen (secondary N) is 1. The lowest BCUT2D eigenvalue weighted by Gasteiger charge is -2.38. The summed E-state index contributed by atoms with van der Waals surface area (Å²) in [6.45, 7) is 5.61. The maximum atomic E-state index is 4.79. The fraction of sp³-hybridized carbons (Fsp3) is 0.688. The zero-order chi connectivity index (χ0) is 14.0. The van der Waals surface area contributed by atoms with Crippen LogP contribution in [-0.4, -0.2) is 22.0 Å². The molecule has 0 amide bonds. The topological polar surface area (TPSA) is 29.3 Å². The molecule has 2 aromatic rings. The number of imidazole rings is 1. The average Bonchev–Trinajstić information content (AvgIpc) is 2.98. The third-order valence-electron chi connectivity index (χ3n) is 4.50. The van der Waals surface area contributed by atoms with Crippen LogP contribution in [0.3, 0.4) is 0 Å². The van der Waals surface area contributed by atoms with E-state index >= 15 is 0 Å². The monoisotopic (exact) mass is 291 g/mol. The number of nitrogens with zero attached hydrogens (tertiary/aromatic N) is 2. The van der Waals surface area contributed by atoms with Gasteiger partial charge in [-0.1, -0.05) is 33.1 Å². The van der Waals surface area contributed by atoms with Crippen LogP contribution in [0, 0.1) is 5.41 Å². The summed E-state index contributed by atoms with van der Waals surface area (Å²) in [6.07, 6.45) is 12.3. The Morgan fingerprint density at radius 1 is 1.35 bits per heavy atom. The van der Waals surface area contributed by atoms with E-state index in [0.29, 0.717) is 11.5 Å². The van der Waals surface area contributed by atoms with Gasteiger partial charge in [0.05, 0.1) is 5.69 Å². The highest BCUT2D eigenvalue weighted by atomic mass is 32.1. The molecule has 0 saturated heterocycles. The second kappa shape index (κ2) is 5.86. The summed E-state index contributed by atoms with van der Waals surface area (Å²) in [7, 11) is 0. The molecule has 2 aromatic heterocycles. The van der Waals surface area contributed by atoms with E-state index in [1.54, 1.807) is 11.3 Å². The highest BCUT2D eigenvalue weighted by Gasteiger charge is 2.33. The number of aromatic nitrogens is 2. The van der Waals surface area contributed by atoms with Gasteiger partial charge in [-0.2, -0.15) is 0 Å². The van der Waals surface area contributed by atoms with E-state index < -0.39 is 0 Å². The van der Waals surface area contributed by atoms with Gasteiger partial charge in [0.15, 0.2) is 4.96 Å². The van der Waals surface area contributed by atoms with Gasteiger partial charge in [0.2, 0.25) is 0 Å². The molecule has 0 aromatic carbocycles. The lowest BCUT2D eigenvalue weighted by molar-refractivity contribution is 0.175. The van der Waals surface area contributed by atoms with Crippen LogP contribution in [0.1, 0.15) is 51.6 Å². The minimum absolute atomic E-state index is 0.423. The van der Waals surface area contributed by atoms with Crippen molar-refractivity contribution >= 4 is 16.3 Å². The van der Waals surface area contributed by atoms with Crippen molar-refractivity contribution in [2.24, 2.45) is 5.41 Å². The summed E-state index contributed by atoms with van der Waals surface area (Å²) in [5, 5.41) is 5.77. The van der Waals surface area contributed by atoms with Crippen molar-refractivity contribution in [1.29, 1.82) is 0 Å². The minimum Gasteiger partial charge on any atom is -0.314 e. The molecule has 3 rings (SSSR count). The van der Waals surface area contributed by atoms with E-state index in [1.807, 2.05) is 0 Å². The molecule has 110 valence electrons.